The van der Waals surface area contributed by atoms with E-state index in [1.165, 1.54) is 4.90 Å². The number of carbonyl (C=O) groups is 2. The first-order chi connectivity index (χ1) is 13.0. The van der Waals surface area contributed by atoms with Crippen molar-refractivity contribution in [1.82, 2.24) is 4.90 Å². The van der Waals surface area contributed by atoms with Crippen LogP contribution in [0.3, 0.4) is 0 Å². The van der Waals surface area contributed by atoms with Crippen LogP contribution in [0.25, 0.3) is 0 Å². The first kappa shape index (κ1) is 20.5. The fourth-order valence-corrected chi connectivity index (χ4v) is 2.57. The van der Waals surface area contributed by atoms with Gasteiger partial charge in [-0.15, -0.1) is 0 Å². The van der Waals surface area contributed by atoms with Crippen molar-refractivity contribution in [2.75, 3.05) is 27.3 Å². The van der Waals surface area contributed by atoms with Crippen LogP contribution in [0.2, 0.25) is 0 Å². The summed E-state index contributed by atoms with van der Waals surface area (Å²) in [6.07, 6.45) is 1.74. The average Bonchev–Trinajstić information content (AvgIpc) is 2.69. The quantitative estimate of drug-likeness (QED) is 0.622. The molecule has 0 aliphatic rings. The molecule has 5 nitrogen and oxygen atoms in total. The molecule has 0 bridgehead atoms. The number of hydrogen-bond acceptors (Lipinski definition) is 4. The fraction of sp³-hybridized carbons (Fsp3) is 0.364. The van der Waals surface area contributed by atoms with Crippen LogP contribution in [0.5, 0.6) is 11.5 Å². The van der Waals surface area contributed by atoms with Crippen molar-refractivity contribution in [2.45, 2.75) is 26.7 Å². The fourth-order valence-electron chi connectivity index (χ4n) is 2.57. The van der Waals surface area contributed by atoms with Crippen LogP contribution in [-0.2, 0) is 0 Å². The third-order valence-electron chi connectivity index (χ3n) is 3.94. The summed E-state index contributed by atoms with van der Waals surface area (Å²) in [5.74, 6) is 0.751. The first-order valence-corrected chi connectivity index (χ1v) is 9.24. The maximum absolute atomic E-state index is 13.1. The highest BCUT2D eigenvalue weighted by molar-refractivity contribution is 6.15. The Labute approximate surface area is 160 Å². The lowest BCUT2D eigenvalue weighted by Crippen LogP contribution is -2.24. The Balaban J connectivity index is 2.40. The Kier molecular flexibility index (Phi) is 7.41. The molecule has 0 fully saturated rings. The second kappa shape index (κ2) is 9.76. The molecule has 0 spiro atoms. The van der Waals surface area contributed by atoms with Crippen LogP contribution in [0.1, 0.15) is 53.0 Å². The molecule has 0 aliphatic carbocycles. The molecule has 5 heteroatoms. The maximum Gasteiger partial charge on any atom is 0.254 e. The lowest BCUT2D eigenvalue weighted by Gasteiger charge is -2.15. The minimum Gasteiger partial charge on any atom is -0.490 e. The van der Waals surface area contributed by atoms with Crippen molar-refractivity contribution in [1.29, 1.82) is 0 Å². The highest BCUT2D eigenvalue weighted by Crippen LogP contribution is 2.30. The molecule has 2 aromatic carbocycles. The molecule has 0 heterocycles. The monoisotopic (exact) mass is 369 g/mol. The highest BCUT2D eigenvalue weighted by Gasteiger charge is 2.20. The van der Waals surface area contributed by atoms with Gasteiger partial charge in [-0.2, -0.15) is 0 Å². The van der Waals surface area contributed by atoms with Gasteiger partial charge in [-0.25, -0.2) is 0 Å². The number of nitrogens with zero attached hydrogens (tertiary/aromatic N) is 1. The molecular weight excluding hydrogens is 342 g/mol. The molecule has 0 radical (unpaired) electrons. The predicted molar refractivity (Wildman–Crippen MR) is 106 cm³/mol. The number of benzene rings is 2. The van der Waals surface area contributed by atoms with Gasteiger partial charge in [0.05, 0.1) is 18.8 Å². The number of amides is 1. The molecular formula is C22H27NO4. The zero-order chi connectivity index (χ0) is 19.8. The van der Waals surface area contributed by atoms with Crippen LogP contribution in [0.4, 0.5) is 0 Å². The summed E-state index contributed by atoms with van der Waals surface area (Å²) < 4.78 is 11.5. The van der Waals surface area contributed by atoms with E-state index in [1.54, 1.807) is 56.6 Å². The van der Waals surface area contributed by atoms with Gasteiger partial charge in [0.25, 0.3) is 5.91 Å². The van der Waals surface area contributed by atoms with Gasteiger partial charge in [0, 0.05) is 25.2 Å². The molecule has 0 unspecified atom stereocenters. The van der Waals surface area contributed by atoms with Gasteiger partial charge in [0.15, 0.2) is 17.3 Å². The standard InChI is InChI=1S/C22H27NO4/c1-5-13-26-19-12-11-16(15-20(19)27-14-6-2)21(24)17-9-7-8-10-18(17)22(25)23(3)4/h7-12,15H,5-6,13-14H2,1-4H3. The first-order valence-electron chi connectivity index (χ1n) is 9.24. The maximum atomic E-state index is 13.1. The van der Waals surface area contributed by atoms with Crippen molar-refractivity contribution in [3.05, 3.63) is 59.2 Å². The normalized spacial score (nSPS) is 10.4. The van der Waals surface area contributed by atoms with Gasteiger partial charge < -0.3 is 14.4 Å². The van der Waals surface area contributed by atoms with E-state index in [1.807, 2.05) is 13.8 Å². The van der Waals surface area contributed by atoms with Gasteiger partial charge in [0.2, 0.25) is 0 Å². The summed E-state index contributed by atoms with van der Waals surface area (Å²) in [5.41, 5.74) is 1.22. The third-order valence-corrected chi connectivity index (χ3v) is 3.94. The molecule has 0 atom stereocenters. The molecule has 0 aromatic heterocycles. The summed E-state index contributed by atoms with van der Waals surface area (Å²) in [7, 11) is 3.33. The van der Waals surface area contributed by atoms with Crippen molar-refractivity contribution in [3.8, 4) is 11.5 Å². The molecule has 2 rings (SSSR count). The third kappa shape index (κ3) is 5.09. The lowest BCUT2D eigenvalue weighted by atomic mass is 9.97. The Morgan fingerprint density at radius 1 is 0.852 bits per heavy atom. The summed E-state index contributed by atoms with van der Waals surface area (Å²) in [5, 5.41) is 0. The van der Waals surface area contributed by atoms with Gasteiger partial charge in [-0.3, -0.25) is 9.59 Å². The summed E-state index contributed by atoms with van der Waals surface area (Å²) >= 11 is 0. The van der Waals surface area contributed by atoms with E-state index in [2.05, 4.69) is 0 Å². The number of ether oxygens (including phenoxy) is 2. The minimum atomic E-state index is -0.218. The zero-order valence-corrected chi connectivity index (χ0v) is 16.5. The zero-order valence-electron chi connectivity index (χ0n) is 16.5. The van der Waals surface area contributed by atoms with Crippen molar-refractivity contribution in [3.63, 3.8) is 0 Å². The summed E-state index contributed by atoms with van der Waals surface area (Å²) in [4.78, 5) is 27.0. The second-order valence-corrected chi connectivity index (χ2v) is 6.43. The largest absolute Gasteiger partial charge is 0.490 e. The Bertz CT molecular complexity index is 799. The Morgan fingerprint density at radius 2 is 1.44 bits per heavy atom. The van der Waals surface area contributed by atoms with Crippen LogP contribution in [0, 0.1) is 0 Å². The van der Waals surface area contributed by atoms with E-state index in [4.69, 9.17) is 9.47 Å². The number of rotatable bonds is 9. The highest BCUT2D eigenvalue weighted by atomic mass is 16.5. The second-order valence-electron chi connectivity index (χ2n) is 6.43. The van der Waals surface area contributed by atoms with Crippen LogP contribution in [0.15, 0.2) is 42.5 Å². The Morgan fingerprint density at radius 3 is 2.04 bits per heavy atom. The lowest BCUT2D eigenvalue weighted by molar-refractivity contribution is 0.0822. The molecule has 0 saturated heterocycles. The predicted octanol–water partition coefficient (Wildman–Crippen LogP) is 4.20. The van der Waals surface area contributed by atoms with Crippen LogP contribution >= 0.6 is 0 Å². The summed E-state index contributed by atoms with van der Waals surface area (Å²) in [6.45, 7) is 5.17. The molecule has 27 heavy (non-hydrogen) atoms. The Hall–Kier alpha value is -2.82. The van der Waals surface area contributed by atoms with Gasteiger partial charge >= 0.3 is 0 Å². The van der Waals surface area contributed by atoms with Crippen molar-refractivity contribution < 1.29 is 19.1 Å². The number of ketones is 1. The molecule has 1 amide bonds. The smallest absolute Gasteiger partial charge is 0.254 e. The number of carbonyl (C=O) groups excluding carboxylic acids is 2. The van der Waals surface area contributed by atoms with Gasteiger partial charge in [-0.05, 0) is 37.1 Å². The van der Waals surface area contributed by atoms with E-state index in [0.717, 1.165) is 12.8 Å². The number of hydrogen-bond donors (Lipinski definition) is 0. The molecule has 0 N–H and O–H groups in total. The van der Waals surface area contributed by atoms with E-state index < -0.39 is 0 Å². The summed E-state index contributed by atoms with van der Waals surface area (Å²) in [6, 6.07) is 12.0. The molecule has 144 valence electrons. The van der Waals surface area contributed by atoms with Crippen molar-refractivity contribution >= 4 is 11.7 Å². The van der Waals surface area contributed by atoms with Crippen LogP contribution < -0.4 is 9.47 Å². The van der Waals surface area contributed by atoms with E-state index in [9.17, 15) is 9.59 Å². The topological polar surface area (TPSA) is 55.8 Å². The van der Waals surface area contributed by atoms with E-state index in [-0.39, 0.29) is 11.7 Å². The molecule has 0 saturated carbocycles. The molecule has 2 aromatic rings. The SMILES string of the molecule is CCCOc1ccc(C(=O)c2ccccc2C(=O)N(C)C)cc1OCCC. The van der Waals surface area contributed by atoms with E-state index >= 15 is 0 Å². The van der Waals surface area contributed by atoms with E-state index in [0.29, 0.717) is 41.4 Å². The average molecular weight is 369 g/mol. The minimum absolute atomic E-state index is 0.204. The van der Waals surface area contributed by atoms with Gasteiger partial charge in [0.1, 0.15) is 0 Å². The molecule has 0 aliphatic heterocycles. The van der Waals surface area contributed by atoms with Gasteiger partial charge in [-0.1, -0.05) is 32.0 Å². The van der Waals surface area contributed by atoms with Crippen molar-refractivity contribution in [2.24, 2.45) is 0 Å². The van der Waals surface area contributed by atoms with Crippen LogP contribution in [-0.4, -0.2) is 43.9 Å².